The Morgan fingerprint density at radius 1 is 1.00 bits per heavy atom. The van der Waals surface area contributed by atoms with Gasteiger partial charge < -0.3 is 5.32 Å². The van der Waals surface area contributed by atoms with Crippen LogP contribution in [-0.2, 0) is 30.6 Å². The van der Waals surface area contributed by atoms with Gasteiger partial charge in [0, 0.05) is 18.3 Å². The molecule has 140 valence electrons. The van der Waals surface area contributed by atoms with Crippen LogP contribution in [0.2, 0.25) is 0 Å². The molecule has 0 heterocycles. The third kappa shape index (κ3) is 5.55. The number of nitrogens with one attached hydrogen (secondary N) is 2. The molecule has 0 radical (unpaired) electrons. The predicted octanol–water partition coefficient (Wildman–Crippen LogP) is 1.54. The van der Waals surface area contributed by atoms with Gasteiger partial charge in [-0.15, -0.1) is 0 Å². The Bertz CT molecular complexity index is 1030. The number of hydrogen-bond donors (Lipinski definition) is 3. The number of aryl methyl sites for hydroxylation is 1. The van der Waals surface area contributed by atoms with Crippen LogP contribution < -0.4 is 15.2 Å². The molecular weight excluding hydrogens is 378 g/mol. The summed E-state index contributed by atoms with van der Waals surface area (Å²) in [4.78, 5) is 11.2. The molecule has 0 saturated carbocycles. The fourth-order valence-corrected chi connectivity index (χ4v) is 4.27. The monoisotopic (exact) mass is 397 g/mol. The van der Waals surface area contributed by atoms with Crippen molar-refractivity contribution in [3.63, 3.8) is 0 Å². The fraction of sp³-hybridized carbons (Fsp3) is 0.188. The number of primary sulfonamides is 1. The first-order chi connectivity index (χ1) is 12.0. The van der Waals surface area contributed by atoms with Gasteiger partial charge in [-0.1, -0.05) is 18.2 Å². The van der Waals surface area contributed by atoms with Crippen molar-refractivity contribution in [2.75, 3.05) is 10.0 Å². The molecule has 0 aliphatic rings. The van der Waals surface area contributed by atoms with E-state index in [-0.39, 0.29) is 22.2 Å². The lowest BCUT2D eigenvalue weighted by molar-refractivity contribution is -0.114. The number of rotatable bonds is 6. The molecule has 0 fully saturated rings. The minimum Gasteiger partial charge on any atom is -0.326 e. The minimum absolute atomic E-state index is 0.0253. The average molecular weight is 397 g/mol. The van der Waals surface area contributed by atoms with E-state index in [1.165, 1.54) is 37.3 Å². The first-order valence-electron chi connectivity index (χ1n) is 7.47. The van der Waals surface area contributed by atoms with Crippen molar-refractivity contribution in [3.8, 4) is 0 Å². The van der Waals surface area contributed by atoms with Crippen LogP contribution in [0.4, 0.5) is 11.4 Å². The molecule has 0 aromatic heterocycles. The van der Waals surface area contributed by atoms with Crippen molar-refractivity contribution in [1.29, 1.82) is 0 Å². The molecule has 0 spiro atoms. The van der Waals surface area contributed by atoms with Crippen LogP contribution in [0.5, 0.6) is 0 Å². The Morgan fingerprint density at radius 3 is 2.12 bits per heavy atom. The molecule has 10 heteroatoms. The summed E-state index contributed by atoms with van der Waals surface area (Å²) in [5.74, 6) is -0.645. The third-order valence-electron chi connectivity index (χ3n) is 3.37. The lowest BCUT2D eigenvalue weighted by Gasteiger charge is -2.12. The highest BCUT2D eigenvalue weighted by Crippen LogP contribution is 2.23. The topological polar surface area (TPSA) is 135 Å². The van der Waals surface area contributed by atoms with Crippen molar-refractivity contribution < 1.29 is 21.6 Å². The first kappa shape index (κ1) is 19.9. The molecule has 2 rings (SSSR count). The maximum Gasteiger partial charge on any atom is 0.262 e. The number of nitrogens with two attached hydrogens (primary N) is 1. The van der Waals surface area contributed by atoms with Crippen molar-refractivity contribution >= 4 is 37.3 Å². The molecular formula is C16H19N3O5S2. The molecule has 0 aliphatic carbocycles. The SMILES string of the molecule is CC(=O)Nc1ccc(C)c(S(=O)(=O)Nc2ccc(CS(N)(=O)=O)cc2)c1. The van der Waals surface area contributed by atoms with E-state index in [0.717, 1.165) is 0 Å². The van der Waals surface area contributed by atoms with Gasteiger partial charge in [0.15, 0.2) is 0 Å². The molecule has 0 unspecified atom stereocenters. The highest BCUT2D eigenvalue weighted by molar-refractivity contribution is 7.92. The second-order valence-electron chi connectivity index (χ2n) is 5.77. The van der Waals surface area contributed by atoms with Crippen LogP contribution in [0, 0.1) is 6.92 Å². The summed E-state index contributed by atoms with van der Waals surface area (Å²) in [7, 11) is -7.56. The molecule has 26 heavy (non-hydrogen) atoms. The molecule has 2 aromatic rings. The smallest absolute Gasteiger partial charge is 0.262 e. The largest absolute Gasteiger partial charge is 0.326 e. The number of anilines is 2. The number of hydrogen-bond acceptors (Lipinski definition) is 5. The van der Waals surface area contributed by atoms with Gasteiger partial charge in [0.1, 0.15) is 0 Å². The maximum atomic E-state index is 12.6. The molecule has 4 N–H and O–H groups in total. The van der Waals surface area contributed by atoms with Crippen molar-refractivity contribution in [2.45, 2.75) is 24.5 Å². The molecule has 0 aliphatic heterocycles. The number of amides is 1. The summed E-state index contributed by atoms with van der Waals surface area (Å²) in [6.07, 6.45) is 0. The van der Waals surface area contributed by atoms with Crippen LogP contribution in [0.1, 0.15) is 18.1 Å². The van der Waals surface area contributed by atoms with E-state index in [0.29, 0.717) is 16.8 Å². The molecule has 0 bridgehead atoms. The standard InChI is InChI=1S/C16H19N3O5S2/c1-11-3-6-15(18-12(2)20)9-16(11)26(23,24)19-14-7-4-13(5-8-14)10-25(17,21)22/h3-9,19H,10H2,1-2H3,(H,18,20)(H2,17,21,22). The lowest BCUT2D eigenvalue weighted by atomic mass is 10.2. The number of benzene rings is 2. The molecule has 2 aromatic carbocycles. The van der Waals surface area contributed by atoms with E-state index in [2.05, 4.69) is 10.0 Å². The number of sulfonamides is 2. The Balaban J connectivity index is 2.27. The Hall–Kier alpha value is -2.43. The quantitative estimate of drug-likeness (QED) is 0.679. The minimum atomic E-state index is -3.89. The summed E-state index contributed by atoms with van der Waals surface area (Å²) in [5, 5.41) is 7.52. The normalized spacial score (nSPS) is 11.8. The van der Waals surface area contributed by atoms with Gasteiger partial charge >= 0.3 is 0 Å². The van der Waals surface area contributed by atoms with Crippen molar-refractivity contribution in [2.24, 2.45) is 5.14 Å². The fourth-order valence-electron chi connectivity index (χ4n) is 2.28. The Kier molecular flexibility index (Phi) is 5.69. The number of carbonyl (C=O) groups excluding carboxylic acids is 1. The van der Waals surface area contributed by atoms with Crippen LogP contribution in [0.3, 0.4) is 0 Å². The highest BCUT2D eigenvalue weighted by atomic mass is 32.2. The van der Waals surface area contributed by atoms with E-state index in [9.17, 15) is 21.6 Å². The summed E-state index contributed by atoms with van der Waals surface area (Å²) in [6, 6.07) is 10.4. The summed E-state index contributed by atoms with van der Waals surface area (Å²) in [6.45, 7) is 2.97. The van der Waals surface area contributed by atoms with Crippen molar-refractivity contribution in [1.82, 2.24) is 0 Å². The summed E-state index contributed by atoms with van der Waals surface area (Å²) < 4.78 is 49.9. The number of carbonyl (C=O) groups is 1. The predicted molar refractivity (Wildman–Crippen MR) is 99.5 cm³/mol. The summed E-state index contributed by atoms with van der Waals surface area (Å²) >= 11 is 0. The molecule has 1 amide bonds. The van der Waals surface area contributed by atoms with Crippen LogP contribution >= 0.6 is 0 Å². The zero-order valence-corrected chi connectivity index (χ0v) is 15.8. The van der Waals surface area contributed by atoms with E-state index < -0.39 is 20.0 Å². The van der Waals surface area contributed by atoms with Gasteiger partial charge in [-0.05, 0) is 42.3 Å². The summed E-state index contributed by atoms with van der Waals surface area (Å²) in [5.41, 5.74) is 1.59. The van der Waals surface area contributed by atoms with Crippen LogP contribution in [0.15, 0.2) is 47.4 Å². The second kappa shape index (κ2) is 7.44. The van der Waals surface area contributed by atoms with E-state index in [1.54, 1.807) is 19.1 Å². The van der Waals surface area contributed by atoms with Gasteiger partial charge in [0.05, 0.1) is 10.6 Å². The van der Waals surface area contributed by atoms with Gasteiger partial charge in [-0.3, -0.25) is 9.52 Å². The van der Waals surface area contributed by atoms with Crippen molar-refractivity contribution in [3.05, 3.63) is 53.6 Å². The lowest BCUT2D eigenvalue weighted by Crippen LogP contribution is -2.16. The van der Waals surface area contributed by atoms with E-state index in [1.807, 2.05) is 0 Å². The zero-order valence-electron chi connectivity index (χ0n) is 14.2. The van der Waals surface area contributed by atoms with E-state index in [4.69, 9.17) is 5.14 Å². The molecule has 0 saturated heterocycles. The van der Waals surface area contributed by atoms with Gasteiger partial charge in [0.2, 0.25) is 15.9 Å². The second-order valence-corrected chi connectivity index (χ2v) is 9.04. The van der Waals surface area contributed by atoms with Gasteiger partial charge in [0.25, 0.3) is 10.0 Å². The third-order valence-corrected chi connectivity index (χ3v) is 5.63. The molecule has 0 atom stereocenters. The van der Waals surface area contributed by atoms with Crippen LogP contribution in [0.25, 0.3) is 0 Å². The van der Waals surface area contributed by atoms with Crippen LogP contribution in [-0.4, -0.2) is 22.7 Å². The Labute approximate surface area is 152 Å². The van der Waals surface area contributed by atoms with Gasteiger partial charge in [-0.25, -0.2) is 22.0 Å². The Morgan fingerprint density at radius 2 is 1.58 bits per heavy atom. The van der Waals surface area contributed by atoms with E-state index >= 15 is 0 Å². The first-order valence-corrected chi connectivity index (χ1v) is 10.7. The molecule has 8 nitrogen and oxygen atoms in total. The average Bonchev–Trinajstić information content (AvgIpc) is 2.49. The maximum absolute atomic E-state index is 12.6. The highest BCUT2D eigenvalue weighted by Gasteiger charge is 2.18. The zero-order chi connectivity index (χ0) is 19.5. The van der Waals surface area contributed by atoms with Gasteiger partial charge in [-0.2, -0.15) is 0 Å².